The van der Waals surface area contributed by atoms with Gasteiger partial charge in [-0.2, -0.15) is 0 Å². The molecule has 7 nitrogen and oxygen atoms in total. The number of hydrogen-bond donors (Lipinski definition) is 2. The monoisotopic (exact) mass is 463 g/mol. The lowest BCUT2D eigenvalue weighted by atomic mass is 9.93. The van der Waals surface area contributed by atoms with Crippen LogP contribution < -0.4 is 10.2 Å². The number of nitrogens with zero attached hydrogens (tertiary/aromatic N) is 5. The smallest absolute Gasteiger partial charge is 0.163 e. The molecule has 2 atom stereocenters. The lowest BCUT2D eigenvalue weighted by Gasteiger charge is -2.38. The molecule has 2 fully saturated rings. The number of fused-ring (bicyclic) bond motifs is 4. The van der Waals surface area contributed by atoms with Gasteiger partial charge in [-0.1, -0.05) is 25.1 Å². The first-order chi connectivity index (χ1) is 17.2. The summed E-state index contributed by atoms with van der Waals surface area (Å²) in [4.78, 5) is 25.5. The molecule has 1 saturated carbocycles. The first-order valence-corrected chi connectivity index (χ1v) is 12.6. The number of H-pyrrole nitrogens is 1. The molecule has 5 heterocycles. The van der Waals surface area contributed by atoms with Crippen molar-refractivity contribution in [3.63, 3.8) is 0 Å². The summed E-state index contributed by atoms with van der Waals surface area (Å²) in [6.07, 6.45) is 9.33. The molecule has 7 rings (SSSR count). The number of pyridine rings is 2. The van der Waals surface area contributed by atoms with E-state index in [1.807, 2.05) is 30.7 Å². The molecule has 0 amide bonds. The number of para-hydroxylation sites is 1. The van der Waals surface area contributed by atoms with Crippen LogP contribution in [0.4, 0.5) is 5.82 Å². The average Bonchev–Trinajstić information content (AvgIpc) is 3.67. The van der Waals surface area contributed by atoms with Crippen molar-refractivity contribution in [2.45, 2.75) is 38.1 Å². The Morgan fingerprint density at radius 2 is 1.89 bits per heavy atom. The van der Waals surface area contributed by atoms with E-state index in [2.05, 4.69) is 57.3 Å². The highest BCUT2D eigenvalue weighted by molar-refractivity contribution is 6.12. The fourth-order valence-electron chi connectivity index (χ4n) is 5.85. The lowest BCUT2D eigenvalue weighted by Crippen LogP contribution is -2.47. The van der Waals surface area contributed by atoms with Gasteiger partial charge in [-0.15, -0.1) is 0 Å². The molecule has 1 saturated heterocycles. The molecular weight excluding hydrogens is 434 g/mol. The minimum Gasteiger partial charge on any atom is -0.356 e. The van der Waals surface area contributed by atoms with Gasteiger partial charge in [0.1, 0.15) is 11.5 Å². The molecule has 2 N–H and O–H groups in total. The minimum atomic E-state index is 0.424. The van der Waals surface area contributed by atoms with Crippen LogP contribution in [0, 0.1) is 5.92 Å². The molecule has 7 heteroatoms. The Balaban J connectivity index is 1.49. The third-order valence-corrected chi connectivity index (χ3v) is 7.85. The van der Waals surface area contributed by atoms with Gasteiger partial charge in [0.15, 0.2) is 5.82 Å². The summed E-state index contributed by atoms with van der Waals surface area (Å²) in [5.41, 5.74) is 5.15. The van der Waals surface area contributed by atoms with Gasteiger partial charge in [-0.25, -0.2) is 15.0 Å². The minimum absolute atomic E-state index is 0.424. The van der Waals surface area contributed by atoms with Gasteiger partial charge in [0.2, 0.25) is 0 Å². The molecule has 1 aliphatic carbocycles. The molecule has 176 valence electrons. The first-order valence-electron chi connectivity index (χ1n) is 12.6. The third kappa shape index (κ3) is 3.37. The van der Waals surface area contributed by atoms with E-state index in [0.717, 1.165) is 64.2 Å². The summed E-state index contributed by atoms with van der Waals surface area (Å²) in [5.74, 6) is 2.86. The van der Waals surface area contributed by atoms with Crippen molar-refractivity contribution in [3.05, 3.63) is 54.5 Å². The second-order valence-electron chi connectivity index (χ2n) is 10.2. The number of aromatic amines is 1. The van der Waals surface area contributed by atoms with Crippen molar-refractivity contribution in [1.29, 1.82) is 0 Å². The van der Waals surface area contributed by atoms with Crippen LogP contribution in [0.2, 0.25) is 0 Å². The molecular formula is C28H29N7. The van der Waals surface area contributed by atoms with E-state index < -0.39 is 0 Å². The third-order valence-electron chi connectivity index (χ3n) is 7.85. The van der Waals surface area contributed by atoms with Gasteiger partial charge >= 0.3 is 0 Å². The summed E-state index contributed by atoms with van der Waals surface area (Å²) in [6, 6.07) is 10.8. The van der Waals surface area contributed by atoms with Gasteiger partial charge in [0, 0.05) is 52.7 Å². The van der Waals surface area contributed by atoms with Gasteiger partial charge in [0.05, 0.1) is 11.7 Å². The quantitative estimate of drug-likeness (QED) is 0.389. The van der Waals surface area contributed by atoms with E-state index in [1.54, 1.807) is 0 Å². The van der Waals surface area contributed by atoms with E-state index in [9.17, 15) is 0 Å². The Morgan fingerprint density at radius 3 is 2.74 bits per heavy atom. The Kier molecular flexibility index (Phi) is 4.74. The maximum atomic E-state index is 5.31. The van der Waals surface area contributed by atoms with Gasteiger partial charge in [0.25, 0.3) is 0 Å². The first kappa shape index (κ1) is 20.8. The van der Waals surface area contributed by atoms with Crippen molar-refractivity contribution >= 4 is 38.7 Å². The predicted molar refractivity (Wildman–Crippen MR) is 141 cm³/mol. The van der Waals surface area contributed by atoms with Crippen LogP contribution in [-0.4, -0.2) is 51.1 Å². The van der Waals surface area contributed by atoms with Crippen LogP contribution in [0.3, 0.4) is 0 Å². The van der Waals surface area contributed by atoms with Gasteiger partial charge < -0.3 is 15.2 Å². The van der Waals surface area contributed by atoms with Gasteiger partial charge in [-0.3, -0.25) is 4.98 Å². The van der Waals surface area contributed by atoms with Gasteiger partial charge in [-0.05, 0) is 61.9 Å². The van der Waals surface area contributed by atoms with Crippen LogP contribution in [0.1, 0.15) is 37.7 Å². The molecule has 1 aliphatic heterocycles. The topological polar surface area (TPSA) is 82.6 Å². The number of benzene rings is 1. The number of nitrogens with one attached hydrogen (secondary N) is 2. The molecule has 0 bridgehead atoms. The van der Waals surface area contributed by atoms with E-state index in [4.69, 9.17) is 9.97 Å². The van der Waals surface area contributed by atoms with Crippen molar-refractivity contribution in [2.24, 2.45) is 5.92 Å². The number of hydrogen-bond acceptors (Lipinski definition) is 6. The molecule has 0 spiro atoms. The highest BCUT2D eigenvalue weighted by atomic mass is 15.2. The van der Waals surface area contributed by atoms with Crippen LogP contribution in [-0.2, 0) is 0 Å². The number of aromatic nitrogens is 5. The summed E-state index contributed by atoms with van der Waals surface area (Å²) >= 11 is 0. The van der Waals surface area contributed by atoms with Crippen molar-refractivity contribution in [2.75, 3.05) is 25.0 Å². The number of piperidine rings is 1. The van der Waals surface area contributed by atoms with E-state index in [-0.39, 0.29) is 0 Å². The van der Waals surface area contributed by atoms with E-state index in [1.165, 1.54) is 23.8 Å². The van der Waals surface area contributed by atoms with Crippen LogP contribution in [0.15, 0.2) is 48.9 Å². The summed E-state index contributed by atoms with van der Waals surface area (Å²) in [6.45, 7) is 4.40. The maximum Gasteiger partial charge on any atom is 0.163 e. The Morgan fingerprint density at radius 1 is 1.00 bits per heavy atom. The Bertz CT molecular complexity index is 1570. The molecule has 4 aromatic heterocycles. The van der Waals surface area contributed by atoms with Crippen molar-refractivity contribution in [3.8, 4) is 11.4 Å². The summed E-state index contributed by atoms with van der Waals surface area (Å²) in [5, 5.41) is 6.92. The Labute approximate surface area is 204 Å². The molecule has 0 radical (unpaired) electrons. The highest BCUT2D eigenvalue weighted by Crippen LogP contribution is 2.45. The zero-order chi connectivity index (χ0) is 23.5. The normalized spacial score (nSPS) is 20.6. The molecule has 35 heavy (non-hydrogen) atoms. The van der Waals surface area contributed by atoms with Crippen LogP contribution >= 0.6 is 0 Å². The Hall–Kier alpha value is -3.58. The second-order valence-corrected chi connectivity index (χ2v) is 10.2. The largest absolute Gasteiger partial charge is 0.356 e. The standard InChI is InChI=1S/C28H29N7/c1-16-13-29-11-10-23(16)35(2)28-25-20(17-7-8-17)14-30-15-22(25)33-26(34-28)19-9-12-31-27-24(19)18-5-3-4-6-21(18)32-27/h3-6,9,12,14-17,23,29H,7-8,10-11,13H2,1-2H3,(H,31,32). The molecule has 2 aliphatic rings. The van der Waals surface area contributed by atoms with Crippen molar-refractivity contribution < 1.29 is 0 Å². The highest BCUT2D eigenvalue weighted by Gasteiger charge is 2.32. The summed E-state index contributed by atoms with van der Waals surface area (Å²) < 4.78 is 0. The predicted octanol–water partition coefficient (Wildman–Crippen LogP) is 5.03. The maximum absolute atomic E-state index is 5.31. The average molecular weight is 464 g/mol. The molecule has 2 unspecified atom stereocenters. The number of rotatable bonds is 4. The summed E-state index contributed by atoms with van der Waals surface area (Å²) in [7, 11) is 2.21. The van der Waals surface area contributed by atoms with Crippen LogP contribution in [0.25, 0.3) is 44.2 Å². The fourth-order valence-corrected chi connectivity index (χ4v) is 5.85. The second kappa shape index (κ2) is 7.99. The van der Waals surface area contributed by atoms with Crippen LogP contribution in [0.5, 0.6) is 0 Å². The number of anilines is 1. The zero-order valence-electron chi connectivity index (χ0n) is 20.1. The molecule has 1 aromatic carbocycles. The van der Waals surface area contributed by atoms with E-state index >= 15 is 0 Å². The SMILES string of the molecule is CC1CNCCC1N(C)c1nc(-c2ccnc3[nH]c4ccccc4c23)nc2cncc(C3CC3)c12. The molecule has 5 aromatic rings. The fraction of sp³-hybridized carbons (Fsp3) is 0.357. The van der Waals surface area contributed by atoms with Crippen molar-refractivity contribution in [1.82, 2.24) is 30.2 Å². The lowest BCUT2D eigenvalue weighted by molar-refractivity contribution is 0.339. The van der Waals surface area contributed by atoms with E-state index in [0.29, 0.717) is 17.9 Å². The zero-order valence-corrected chi connectivity index (χ0v) is 20.1.